The molecular weight excluding hydrogens is 212 g/mol. The molecule has 15 heavy (non-hydrogen) atoms. The molecule has 0 amide bonds. The van der Waals surface area contributed by atoms with E-state index in [0.29, 0.717) is 11.5 Å². The third-order valence-corrected chi connectivity index (χ3v) is 3.03. The molecule has 0 aromatic heterocycles. The molecule has 0 bridgehead atoms. The van der Waals surface area contributed by atoms with Gasteiger partial charge in [-0.3, -0.25) is 4.79 Å². The average molecular weight is 226 g/mol. The van der Waals surface area contributed by atoms with Crippen molar-refractivity contribution in [3.05, 3.63) is 23.3 Å². The summed E-state index contributed by atoms with van der Waals surface area (Å²) in [7, 11) is 0. The van der Waals surface area contributed by atoms with Gasteiger partial charge in [0, 0.05) is 10.6 Å². The molecule has 3 nitrogen and oxygen atoms in total. The van der Waals surface area contributed by atoms with E-state index in [1.807, 2.05) is 26.0 Å². The van der Waals surface area contributed by atoms with Crippen LogP contribution in [0.4, 0.5) is 0 Å². The van der Waals surface area contributed by atoms with E-state index in [1.165, 1.54) is 11.8 Å². The van der Waals surface area contributed by atoms with Crippen LogP contribution in [0.15, 0.2) is 17.0 Å². The average Bonchev–Trinajstić information content (AvgIpc) is 2.13. The van der Waals surface area contributed by atoms with Crippen LogP contribution in [0.2, 0.25) is 0 Å². The minimum atomic E-state index is -0.783. The van der Waals surface area contributed by atoms with Crippen molar-refractivity contribution < 1.29 is 15.0 Å². The molecule has 4 heteroatoms. The molecule has 0 unspecified atom stereocenters. The van der Waals surface area contributed by atoms with Gasteiger partial charge in [-0.25, -0.2) is 0 Å². The molecule has 2 N–H and O–H groups in total. The molecule has 0 saturated heterocycles. The van der Waals surface area contributed by atoms with E-state index < -0.39 is 5.97 Å². The number of rotatable bonds is 4. The second kappa shape index (κ2) is 5.07. The third kappa shape index (κ3) is 3.47. The molecule has 1 aromatic carbocycles. The first-order valence-corrected chi connectivity index (χ1v) is 5.64. The number of phenolic OH excluding ortho intramolecular Hbond substituents is 1. The molecule has 0 radical (unpaired) electrons. The number of aryl methyl sites for hydroxylation is 2. The van der Waals surface area contributed by atoms with E-state index in [9.17, 15) is 9.90 Å². The SMILES string of the molecule is Cc1cc(SCCC(=O)O)cc(C)c1O. The highest BCUT2D eigenvalue weighted by Gasteiger charge is 2.04. The molecule has 0 fully saturated rings. The van der Waals surface area contributed by atoms with Gasteiger partial charge in [-0.1, -0.05) is 0 Å². The van der Waals surface area contributed by atoms with Crippen LogP contribution >= 0.6 is 11.8 Å². The van der Waals surface area contributed by atoms with Crippen LogP contribution in [0.5, 0.6) is 5.75 Å². The van der Waals surface area contributed by atoms with Crippen LogP contribution in [-0.2, 0) is 4.79 Å². The maximum Gasteiger partial charge on any atom is 0.304 e. The van der Waals surface area contributed by atoms with Crippen LogP contribution in [0.25, 0.3) is 0 Å². The first-order chi connectivity index (χ1) is 7.00. The van der Waals surface area contributed by atoms with Crippen molar-refractivity contribution in [2.75, 3.05) is 5.75 Å². The van der Waals surface area contributed by atoms with Gasteiger partial charge in [-0.15, -0.1) is 11.8 Å². The maximum absolute atomic E-state index is 10.3. The summed E-state index contributed by atoms with van der Waals surface area (Å²) >= 11 is 1.49. The van der Waals surface area contributed by atoms with Gasteiger partial charge in [0.1, 0.15) is 5.75 Å². The Labute approximate surface area is 93.1 Å². The van der Waals surface area contributed by atoms with Gasteiger partial charge in [0.05, 0.1) is 6.42 Å². The number of carbonyl (C=O) groups is 1. The smallest absolute Gasteiger partial charge is 0.304 e. The lowest BCUT2D eigenvalue weighted by molar-refractivity contribution is -0.136. The fourth-order valence-electron chi connectivity index (χ4n) is 1.26. The Hall–Kier alpha value is -1.16. The standard InChI is InChI=1S/C11H14O3S/c1-7-5-9(6-8(2)11(7)14)15-4-3-10(12)13/h5-6,14H,3-4H2,1-2H3,(H,12,13). The summed E-state index contributed by atoms with van der Waals surface area (Å²) in [6.45, 7) is 3.67. The zero-order chi connectivity index (χ0) is 11.4. The number of carboxylic acids is 1. The summed E-state index contributed by atoms with van der Waals surface area (Å²) in [6, 6.07) is 3.74. The number of carboxylic acid groups (broad SMARTS) is 1. The largest absolute Gasteiger partial charge is 0.507 e. The zero-order valence-corrected chi connectivity index (χ0v) is 9.60. The van der Waals surface area contributed by atoms with Gasteiger partial charge in [0.2, 0.25) is 0 Å². The van der Waals surface area contributed by atoms with Crippen LogP contribution in [0, 0.1) is 13.8 Å². The number of aromatic hydroxyl groups is 1. The lowest BCUT2D eigenvalue weighted by atomic mass is 10.1. The summed E-state index contributed by atoms with van der Waals surface area (Å²) in [5.74, 6) is 0.0891. The minimum absolute atomic E-state index is 0.156. The quantitative estimate of drug-likeness (QED) is 0.775. The van der Waals surface area contributed by atoms with E-state index in [1.54, 1.807) is 0 Å². The summed E-state index contributed by atoms with van der Waals surface area (Å²) in [5.41, 5.74) is 1.65. The number of benzene rings is 1. The Bertz CT molecular complexity index is 351. The van der Waals surface area contributed by atoms with Crippen LogP contribution in [-0.4, -0.2) is 21.9 Å². The van der Waals surface area contributed by atoms with Gasteiger partial charge in [0.25, 0.3) is 0 Å². The molecule has 0 aliphatic rings. The summed E-state index contributed by atoms with van der Waals surface area (Å²) in [6.07, 6.45) is 0.156. The van der Waals surface area contributed by atoms with Gasteiger partial charge >= 0.3 is 5.97 Å². The van der Waals surface area contributed by atoms with E-state index >= 15 is 0 Å². The molecule has 0 saturated carbocycles. The van der Waals surface area contributed by atoms with Crippen LogP contribution < -0.4 is 0 Å². The fraction of sp³-hybridized carbons (Fsp3) is 0.364. The summed E-state index contributed by atoms with van der Waals surface area (Å²) < 4.78 is 0. The van der Waals surface area contributed by atoms with Crippen molar-refractivity contribution in [3.8, 4) is 5.75 Å². The fourth-order valence-corrected chi connectivity index (χ4v) is 2.29. The summed E-state index contributed by atoms with van der Waals surface area (Å²) in [4.78, 5) is 11.3. The lowest BCUT2D eigenvalue weighted by Gasteiger charge is -2.06. The summed E-state index contributed by atoms with van der Waals surface area (Å²) in [5, 5.41) is 18.0. The van der Waals surface area contributed by atoms with Crippen molar-refractivity contribution in [2.45, 2.75) is 25.2 Å². The van der Waals surface area contributed by atoms with Crippen LogP contribution in [0.1, 0.15) is 17.5 Å². The highest BCUT2D eigenvalue weighted by atomic mass is 32.2. The normalized spacial score (nSPS) is 10.3. The highest BCUT2D eigenvalue weighted by molar-refractivity contribution is 7.99. The Balaban J connectivity index is 2.66. The number of hydrogen-bond acceptors (Lipinski definition) is 3. The minimum Gasteiger partial charge on any atom is -0.507 e. The molecule has 1 aromatic rings. The molecule has 0 spiro atoms. The predicted molar refractivity (Wildman–Crippen MR) is 60.6 cm³/mol. The van der Waals surface area contributed by atoms with E-state index in [4.69, 9.17) is 5.11 Å². The maximum atomic E-state index is 10.3. The Morgan fingerprint density at radius 3 is 2.33 bits per heavy atom. The molecule has 0 atom stereocenters. The monoisotopic (exact) mass is 226 g/mol. The zero-order valence-electron chi connectivity index (χ0n) is 8.78. The van der Waals surface area contributed by atoms with Crippen molar-refractivity contribution in [2.24, 2.45) is 0 Å². The van der Waals surface area contributed by atoms with Crippen molar-refractivity contribution in [1.82, 2.24) is 0 Å². The number of thioether (sulfide) groups is 1. The molecule has 1 rings (SSSR count). The predicted octanol–water partition coefficient (Wildman–Crippen LogP) is 2.58. The Morgan fingerprint density at radius 2 is 1.87 bits per heavy atom. The van der Waals surface area contributed by atoms with Crippen molar-refractivity contribution in [3.63, 3.8) is 0 Å². The van der Waals surface area contributed by atoms with E-state index in [-0.39, 0.29) is 6.42 Å². The Morgan fingerprint density at radius 1 is 1.33 bits per heavy atom. The van der Waals surface area contributed by atoms with Crippen molar-refractivity contribution in [1.29, 1.82) is 0 Å². The van der Waals surface area contributed by atoms with Gasteiger partial charge in [-0.05, 0) is 37.1 Å². The Kier molecular flexibility index (Phi) is 4.03. The first-order valence-electron chi connectivity index (χ1n) is 4.65. The van der Waals surface area contributed by atoms with Gasteiger partial charge in [0.15, 0.2) is 0 Å². The van der Waals surface area contributed by atoms with E-state index in [2.05, 4.69) is 0 Å². The topological polar surface area (TPSA) is 57.5 Å². The molecule has 0 aliphatic heterocycles. The lowest BCUT2D eigenvalue weighted by Crippen LogP contribution is -1.95. The molecular formula is C11H14O3S. The van der Waals surface area contributed by atoms with Crippen molar-refractivity contribution >= 4 is 17.7 Å². The molecule has 0 heterocycles. The number of aliphatic carboxylic acids is 1. The number of hydrogen-bond donors (Lipinski definition) is 2. The first kappa shape index (κ1) is 11.9. The van der Waals surface area contributed by atoms with Gasteiger partial charge < -0.3 is 10.2 Å². The second-order valence-electron chi connectivity index (χ2n) is 3.40. The second-order valence-corrected chi connectivity index (χ2v) is 4.57. The molecule has 82 valence electrons. The number of phenols is 1. The van der Waals surface area contributed by atoms with E-state index in [0.717, 1.165) is 16.0 Å². The highest BCUT2D eigenvalue weighted by Crippen LogP contribution is 2.28. The third-order valence-electron chi connectivity index (χ3n) is 2.05. The molecule has 0 aliphatic carbocycles. The van der Waals surface area contributed by atoms with Gasteiger partial charge in [-0.2, -0.15) is 0 Å². The van der Waals surface area contributed by atoms with Crippen LogP contribution in [0.3, 0.4) is 0 Å².